The average molecular weight is 234 g/mol. The van der Waals surface area contributed by atoms with Crippen LogP contribution < -0.4 is 10.6 Å². The third kappa shape index (κ3) is 2.89. The smallest absolute Gasteiger partial charge is 0.309 e. The van der Waals surface area contributed by atoms with Crippen molar-refractivity contribution in [2.75, 3.05) is 6.61 Å². The van der Waals surface area contributed by atoms with Crippen molar-refractivity contribution in [2.24, 2.45) is 11.8 Å². The van der Waals surface area contributed by atoms with Gasteiger partial charge in [0.05, 0.1) is 18.4 Å². The summed E-state index contributed by atoms with van der Waals surface area (Å²) in [5, 5.41) is 33.1. The molecule has 1 saturated heterocycles. The minimum absolute atomic E-state index is 0.242. The molecule has 7 heteroatoms. The van der Waals surface area contributed by atoms with E-state index in [1.54, 1.807) is 13.8 Å². The quantitative estimate of drug-likeness (QED) is 0.356. The van der Waals surface area contributed by atoms with E-state index in [0.717, 1.165) is 0 Å². The largest absolute Gasteiger partial charge is 0.466 e. The second-order valence-corrected chi connectivity index (χ2v) is 3.74. The number of ether oxygens (including phenoxy) is 1. The molecule has 0 aromatic heterocycles. The molecule has 5 N–H and O–H groups in total. The first-order valence-corrected chi connectivity index (χ1v) is 5.20. The van der Waals surface area contributed by atoms with Crippen molar-refractivity contribution in [3.8, 4) is 0 Å². The van der Waals surface area contributed by atoms with Gasteiger partial charge in [-0.15, -0.1) is 0 Å². The number of hydrogen-bond donors (Lipinski definition) is 5. The summed E-state index contributed by atoms with van der Waals surface area (Å²) in [6.45, 7) is 3.47. The van der Waals surface area contributed by atoms with Gasteiger partial charge in [-0.1, -0.05) is 6.92 Å². The van der Waals surface area contributed by atoms with Crippen molar-refractivity contribution in [3.63, 3.8) is 0 Å². The number of carbonyl (C=O) groups excluding carboxylic acids is 1. The van der Waals surface area contributed by atoms with E-state index in [4.69, 9.17) is 9.84 Å². The molecule has 0 aromatic carbocycles. The predicted molar refractivity (Wildman–Crippen MR) is 53.6 cm³/mol. The maximum Gasteiger partial charge on any atom is 0.309 e. The fourth-order valence-electron chi connectivity index (χ4n) is 1.74. The number of hydrogen-bond acceptors (Lipinski definition) is 7. The third-order valence-electron chi connectivity index (χ3n) is 2.62. The Morgan fingerprint density at radius 2 is 1.81 bits per heavy atom. The molecule has 1 fully saturated rings. The molecule has 4 unspecified atom stereocenters. The summed E-state index contributed by atoms with van der Waals surface area (Å²) in [6.07, 6.45) is -3.55. The summed E-state index contributed by atoms with van der Waals surface area (Å²) >= 11 is 0. The van der Waals surface area contributed by atoms with E-state index >= 15 is 0 Å². The van der Waals surface area contributed by atoms with Crippen molar-refractivity contribution in [2.45, 2.75) is 32.7 Å². The van der Waals surface area contributed by atoms with Crippen LogP contribution in [-0.4, -0.2) is 46.7 Å². The minimum Gasteiger partial charge on any atom is -0.466 e. The Balaban J connectivity index is 2.66. The van der Waals surface area contributed by atoms with Gasteiger partial charge in [-0.25, -0.2) is 0 Å². The Hall–Kier alpha value is -0.730. The van der Waals surface area contributed by atoms with Crippen LogP contribution in [0.2, 0.25) is 0 Å². The van der Waals surface area contributed by atoms with Crippen LogP contribution in [0.4, 0.5) is 0 Å². The summed E-state index contributed by atoms with van der Waals surface area (Å²) in [5.41, 5.74) is 0. The van der Waals surface area contributed by atoms with Crippen LogP contribution in [0, 0.1) is 11.8 Å². The van der Waals surface area contributed by atoms with E-state index in [1.165, 1.54) is 0 Å². The lowest BCUT2D eigenvalue weighted by molar-refractivity contribution is -0.167. The molecule has 0 bridgehead atoms. The molecule has 1 heterocycles. The van der Waals surface area contributed by atoms with Gasteiger partial charge in [0.1, 0.15) is 12.5 Å². The van der Waals surface area contributed by atoms with Crippen LogP contribution in [0.3, 0.4) is 0 Å². The molecular formula is C9H18N2O5. The number of esters is 1. The molecule has 0 spiro atoms. The number of carbonyl (C=O) groups is 1. The van der Waals surface area contributed by atoms with E-state index in [-0.39, 0.29) is 6.61 Å². The lowest BCUT2D eigenvalue weighted by atomic mass is 9.89. The molecule has 1 aliphatic heterocycles. The predicted octanol–water partition coefficient (Wildman–Crippen LogP) is -2.09. The number of aliphatic hydroxyl groups is 3. The number of nitrogens with one attached hydrogen (secondary N) is 2. The molecule has 5 atom stereocenters. The number of aliphatic hydroxyl groups excluding tert-OH is 3. The summed E-state index contributed by atoms with van der Waals surface area (Å²) in [4.78, 5) is 11.5. The van der Waals surface area contributed by atoms with Crippen molar-refractivity contribution < 1.29 is 24.9 Å². The monoisotopic (exact) mass is 234 g/mol. The lowest BCUT2D eigenvalue weighted by Gasteiger charge is -2.39. The van der Waals surface area contributed by atoms with E-state index < -0.39 is 36.6 Å². The first kappa shape index (κ1) is 13.3. The first-order valence-electron chi connectivity index (χ1n) is 5.20. The molecule has 7 nitrogen and oxygen atoms in total. The third-order valence-corrected chi connectivity index (χ3v) is 2.62. The Labute approximate surface area is 93.4 Å². The molecule has 0 radical (unpaired) electrons. The Morgan fingerprint density at radius 1 is 1.31 bits per heavy atom. The van der Waals surface area contributed by atoms with E-state index in [9.17, 15) is 15.0 Å². The van der Waals surface area contributed by atoms with Crippen LogP contribution >= 0.6 is 0 Å². The second kappa shape index (κ2) is 5.55. The molecule has 16 heavy (non-hydrogen) atoms. The molecule has 0 aromatic rings. The summed E-state index contributed by atoms with van der Waals surface area (Å²) in [5.74, 6) is -1.95. The molecule has 0 saturated carbocycles. The van der Waals surface area contributed by atoms with Gasteiger partial charge in [0, 0.05) is 0 Å². The van der Waals surface area contributed by atoms with Gasteiger partial charge >= 0.3 is 5.97 Å². The molecule has 0 aliphatic carbocycles. The van der Waals surface area contributed by atoms with Gasteiger partial charge < -0.3 is 20.1 Å². The maximum absolute atomic E-state index is 11.5. The highest BCUT2D eigenvalue weighted by molar-refractivity contribution is 5.72. The topological polar surface area (TPSA) is 111 Å². The van der Waals surface area contributed by atoms with Gasteiger partial charge in [-0.2, -0.15) is 0 Å². The molecular weight excluding hydrogens is 216 g/mol. The van der Waals surface area contributed by atoms with Crippen LogP contribution in [0.25, 0.3) is 0 Å². The summed E-state index contributed by atoms with van der Waals surface area (Å²) in [7, 11) is 0. The summed E-state index contributed by atoms with van der Waals surface area (Å²) < 4.78 is 4.80. The molecule has 0 amide bonds. The fourth-order valence-corrected chi connectivity index (χ4v) is 1.74. The normalized spacial score (nSPS) is 36.8. The molecule has 94 valence electrons. The number of rotatable bonds is 3. The van der Waals surface area contributed by atoms with Crippen LogP contribution in [0.1, 0.15) is 13.8 Å². The molecule has 1 rings (SSSR count). The highest BCUT2D eigenvalue weighted by atomic mass is 16.5. The zero-order valence-electron chi connectivity index (χ0n) is 9.25. The van der Waals surface area contributed by atoms with Gasteiger partial charge in [-0.3, -0.25) is 15.4 Å². The Morgan fingerprint density at radius 3 is 2.25 bits per heavy atom. The van der Waals surface area contributed by atoms with Gasteiger partial charge in [0.2, 0.25) is 0 Å². The van der Waals surface area contributed by atoms with Crippen LogP contribution in [0.15, 0.2) is 0 Å². The highest BCUT2D eigenvalue weighted by Gasteiger charge is 2.41. The van der Waals surface area contributed by atoms with Crippen molar-refractivity contribution in [3.05, 3.63) is 0 Å². The van der Waals surface area contributed by atoms with E-state index in [1.807, 2.05) is 0 Å². The Kier molecular flexibility index (Phi) is 4.63. The molecule has 1 aliphatic rings. The second-order valence-electron chi connectivity index (χ2n) is 3.74. The van der Waals surface area contributed by atoms with Gasteiger partial charge in [0.25, 0.3) is 0 Å². The van der Waals surface area contributed by atoms with E-state index in [0.29, 0.717) is 0 Å². The van der Waals surface area contributed by atoms with Crippen LogP contribution in [0.5, 0.6) is 0 Å². The van der Waals surface area contributed by atoms with Gasteiger partial charge in [-0.05, 0) is 6.92 Å². The van der Waals surface area contributed by atoms with Crippen LogP contribution in [-0.2, 0) is 9.53 Å². The van der Waals surface area contributed by atoms with Gasteiger partial charge in [0.15, 0.2) is 6.35 Å². The lowest BCUT2D eigenvalue weighted by Crippen LogP contribution is -2.65. The van der Waals surface area contributed by atoms with Crippen molar-refractivity contribution in [1.29, 1.82) is 0 Å². The summed E-state index contributed by atoms with van der Waals surface area (Å²) in [6, 6.07) is 0. The maximum atomic E-state index is 11.5. The highest BCUT2D eigenvalue weighted by Crippen LogP contribution is 2.22. The standard InChI is InChI=1S/C9H18N2O5/c1-3-16-8(14)4(2)5-6(12)10-9(15)11-7(5)13/h4-7,9-13,15H,3H2,1-2H3/t4?,5?,6-,7?,9?/m1/s1. The fraction of sp³-hybridized carbons (Fsp3) is 0.889. The average Bonchev–Trinajstić information content (AvgIpc) is 2.16. The Bertz CT molecular complexity index is 238. The van der Waals surface area contributed by atoms with E-state index in [2.05, 4.69) is 10.6 Å². The first-order chi connectivity index (χ1) is 7.47. The zero-order chi connectivity index (χ0) is 12.3. The minimum atomic E-state index is -1.20. The zero-order valence-corrected chi connectivity index (χ0v) is 9.25. The van der Waals surface area contributed by atoms with Crippen molar-refractivity contribution in [1.82, 2.24) is 10.6 Å². The SMILES string of the molecule is CCOC(=O)C(C)C1C(O)NC(O)N[C@@H]1O. The van der Waals surface area contributed by atoms with Crippen molar-refractivity contribution >= 4 is 5.97 Å².